The van der Waals surface area contributed by atoms with Gasteiger partial charge in [0.25, 0.3) is 0 Å². The molecule has 5 N–H and O–H groups in total. The molecule has 31 heavy (non-hydrogen) atoms. The molecule has 2 aromatic carbocycles. The molecule has 0 unspecified atom stereocenters. The van der Waals surface area contributed by atoms with Crippen molar-refractivity contribution in [1.82, 2.24) is 19.7 Å². The van der Waals surface area contributed by atoms with E-state index in [4.69, 9.17) is 10.9 Å². The van der Waals surface area contributed by atoms with Gasteiger partial charge in [-0.2, -0.15) is 0 Å². The highest BCUT2D eigenvalue weighted by Crippen LogP contribution is 2.34. The van der Waals surface area contributed by atoms with Crippen LogP contribution >= 0.6 is 22.6 Å². The van der Waals surface area contributed by atoms with Crippen molar-refractivity contribution in [1.29, 1.82) is 0 Å². The number of benzene rings is 2. The fourth-order valence-electron chi connectivity index (χ4n) is 3.03. The van der Waals surface area contributed by atoms with Crippen molar-refractivity contribution in [3.63, 3.8) is 0 Å². The van der Waals surface area contributed by atoms with Crippen molar-refractivity contribution in [2.45, 2.75) is 17.9 Å². The lowest BCUT2D eigenvalue weighted by molar-refractivity contribution is 0.387. The van der Waals surface area contributed by atoms with E-state index in [0.29, 0.717) is 29.3 Å². The third-order valence-corrected chi connectivity index (χ3v) is 6.15. The molecule has 0 saturated heterocycles. The molecule has 9 nitrogen and oxygen atoms in total. The first-order valence-electron chi connectivity index (χ1n) is 9.29. The highest BCUT2D eigenvalue weighted by molar-refractivity contribution is 14.1. The third kappa shape index (κ3) is 5.70. The molecule has 0 bridgehead atoms. The fraction of sp³-hybridized carbons (Fsp3) is 0.263. The van der Waals surface area contributed by atoms with Gasteiger partial charge in [0.15, 0.2) is 5.82 Å². The van der Waals surface area contributed by atoms with Crippen molar-refractivity contribution < 1.29 is 12.8 Å². The highest BCUT2D eigenvalue weighted by Gasteiger charge is 2.23. The number of primary sulfonamides is 1. The summed E-state index contributed by atoms with van der Waals surface area (Å²) < 4.78 is 41.2. The van der Waals surface area contributed by atoms with Crippen LogP contribution in [0.15, 0.2) is 41.3 Å². The molecular formula is C19H23FIN7O2S. The van der Waals surface area contributed by atoms with Gasteiger partial charge in [-0.1, -0.05) is 0 Å². The number of aromatic nitrogens is 3. The number of rotatable bonds is 8. The van der Waals surface area contributed by atoms with Crippen molar-refractivity contribution in [2.75, 3.05) is 31.7 Å². The number of nitrogens with two attached hydrogens (primary N) is 2. The van der Waals surface area contributed by atoms with Crippen LogP contribution in [0.1, 0.15) is 6.42 Å². The zero-order valence-electron chi connectivity index (χ0n) is 17.0. The van der Waals surface area contributed by atoms with E-state index in [-0.39, 0.29) is 5.95 Å². The number of hydrogen-bond acceptors (Lipinski definition) is 7. The zero-order valence-corrected chi connectivity index (χ0v) is 20.0. The van der Waals surface area contributed by atoms with E-state index in [1.54, 1.807) is 4.57 Å². The molecule has 1 aromatic heterocycles. The van der Waals surface area contributed by atoms with Crippen LogP contribution in [0, 0.1) is 9.39 Å². The van der Waals surface area contributed by atoms with Crippen molar-refractivity contribution in [3.8, 4) is 11.4 Å². The summed E-state index contributed by atoms with van der Waals surface area (Å²) in [5.74, 6) is -0.476. The quantitative estimate of drug-likeness (QED) is 0.362. The maximum atomic E-state index is 14.6. The minimum absolute atomic E-state index is 0.176. The first kappa shape index (κ1) is 23.4. The van der Waals surface area contributed by atoms with E-state index in [2.05, 4.69) is 38.1 Å². The second kappa shape index (κ2) is 9.46. The molecule has 0 fully saturated rings. The summed E-state index contributed by atoms with van der Waals surface area (Å²) in [6, 6.07) is 9.67. The Labute approximate surface area is 193 Å². The molecule has 3 rings (SSSR count). The van der Waals surface area contributed by atoms with Gasteiger partial charge >= 0.3 is 0 Å². The van der Waals surface area contributed by atoms with E-state index in [0.717, 1.165) is 28.7 Å². The summed E-state index contributed by atoms with van der Waals surface area (Å²) in [5, 5.41) is 16.4. The average molecular weight is 559 g/mol. The van der Waals surface area contributed by atoms with Crippen LogP contribution in [0.2, 0.25) is 0 Å². The molecular weight excluding hydrogens is 536 g/mol. The molecule has 166 valence electrons. The van der Waals surface area contributed by atoms with Gasteiger partial charge in [-0.05, 0) is 86.0 Å². The smallest absolute Gasteiger partial charge is 0.240 e. The lowest BCUT2D eigenvalue weighted by Gasteiger charge is -2.16. The number of anilines is 3. The molecule has 0 radical (unpaired) electrons. The summed E-state index contributed by atoms with van der Waals surface area (Å²) >= 11 is 2.18. The molecule has 0 saturated carbocycles. The van der Waals surface area contributed by atoms with Crippen molar-refractivity contribution in [3.05, 3.63) is 45.8 Å². The van der Waals surface area contributed by atoms with Crippen molar-refractivity contribution >= 4 is 49.9 Å². The predicted molar refractivity (Wildman–Crippen MR) is 127 cm³/mol. The first-order valence-corrected chi connectivity index (χ1v) is 11.9. The largest absolute Gasteiger partial charge is 0.368 e. The summed E-state index contributed by atoms with van der Waals surface area (Å²) in [6.07, 6.45) is 0.755. The Bertz CT molecular complexity index is 1180. The lowest BCUT2D eigenvalue weighted by atomic mass is 10.1. The number of sulfonamides is 1. The van der Waals surface area contributed by atoms with Crippen LogP contribution in [-0.2, 0) is 16.6 Å². The Hall–Kier alpha value is -2.29. The summed E-state index contributed by atoms with van der Waals surface area (Å²) in [7, 11) is -0.380. The monoisotopic (exact) mass is 559 g/mol. The van der Waals surface area contributed by atoms with Gasteiger partial charge in [0.05, 0.1) is 5.69 Å². The zero-order chi connectivity index (χ0) is 22.8. The van der Waals surface area contributed by atoms with E-state index >= 15 is 0 Å². The van der Waals surface area contributed by atoms with Gasteiger partial charge in [-0.3, -0.25) is 4.57 Å². The van der Waals surface area contributed by atoms with E-state index in [1.165, 1.54) is 0 Å². The molecule has 0 aliphatic rings. The number of nitrogens with one attached hydrogen (secondary N) is 1. The Morgan fingerprint density at radius 3 is 2.48 bits per heavy atom. The standard InChI is InChI=1S/C19H23FIN7O2S/c1-27(2)8-3-9-28-18(25-26-19(28)22)14-10-17(31(23,29)30)15(20)11-16(14)24-13-6-4-12(21)5-7-13/h4-7,10-11,24H,3,8-9H2,1-2H3,(H2,22,26)(H2,23,29,30). The van der Waals surface area contributed by atoms with E-state index in [9.17, 15) is 12.8 Å². The molecule has 12 heteroatoms. The summed E-state index contributed by atoms with van der Waals surface area (Å²) in [6.45, 7) is 1.30. The maximum Gasteiger partial charge on any atom is 0.240 e. The van der Waals surface area contributed by atoms with Crippen LogP contribution in [0.3, 0.4) is 0 Å². The molecule has 1 heterocycles. The molecule has 0 atom stereocenters. The predicted octanol–water partition coefficient (Wildman–Crippen LogP) is 2.61. The van der Waals surface area contributed by atoms with Crippen LogP contribution in [0.4, 0.5) is 21.7 Å². The normalized spacial score (nSPS) is 11.8. The molecule has 3 aromatic rings. The Balaban J connectivity index is 2.12. The van der Waals surface area contributed by atoms with Crippen LogP contribution in [-0.4, -0.2) is 48.7 Å². The van der Waals surface area contributed by atoms with Gasteiger partial charge in [-0.25, -0.2) is 17.9 Å². The Morgan fingerprint density at radius 1 is 1.19 bits per heavy atom. The van der Waals surface area contributed by atoms with E-state index in [1.807, 2.05) is 43.3 Å². The number of halogens is 2. The highest BCUT2D eigenvalue weighted by atomic mass is 127. The summed E-state index contributed by atoms with van der Waals surface area (Å²) in [4.78, 5) is 1.40. The third-order valence-electron chi connectivity index (χ3n) is 4.51. The Kier molecular flexibility index (Phi) is 7.13. The van der Waals surface area contributed by atoms with Crippen molar-refractivity contribution in [2.24, 2.45) is 5.14 Å². The minimum atomic E-state index is -4.29. The lowest BCUT2D eigenvalue weighted by Crippen LogP contribution is -2.17. The van der Waals surface area contributed by atoms with Crippen LogP contribution in [0.25, 0.3) is 11.4 Å². The Morgan fingerprint density at radius 2 is 1.87 bits per heavy atom. The van der Waals surface area contributed by atoms with Crippen LogP contribution in [0.5, 0.6) is 0 Å². The van der Waals surface area contributed by atoms with Gasteiger partial charge in [0.1, 0.15) is 10.7 Å². The van der Waals surface area contributed by atoms with Gasteiger partial charge in [0.2, 0.25) is 16.0 Å². The van der Waals surface area contributed by atoms with Gasteiger partial charge < -0.3 is 16.0 Å². The second-order valence-electron chi connectivity index (χ2n) is 7.20. The molecule has 0 spiro atoms. The van der Waals surface area contributed by atoms with Crippen LogP contribution < -0.4 is 16.2 Å². The second-order valence-corrected chi connectivity index (χ2v) is 9.97. The molecule has 0 amide bonds. The number of hydrogen-bond donors (Lipinski definition) is 3. The number of nitrogen functional groups attached to an aromatic ring is 1. The fourth-order valence-corrected chi connectivity index (χ4v) is 4.00. The topological polar surface area (TPSA) is 132 Å². The van der Waals surface area contributed by atoms with Gasteiger partial charge in [0, 0.05) is 21.4 Å². The van der Waals surface area contributed by atoms with E-state index < -0.39 is 20.7 Å². The summed E-state index contributed by atoms with van der Waals surface area (Å²) in [5.41, 5.74) is 7.33. The first-order chi connectivity index (χ1) is 14.6. The maximum absolute atomic E-state index is 14.6. The SMILES string of the molecule is CN(C)CCCn1c(N)nnc1-c1cc(S(N)(=O)=O)c(F)cc1Nc1ccc(I)cc1. The minimum Gasteiger partial charge on any atom is -0.368 e. The average Bonchev–Trinajstić information content (AvgIpc) is 3.03. The molecule has 0 aliphatic carbocycles. The molecule has 0 aliphatic heterocycles. The number of nitrogens with zero attached hydrogens (tertiary/aromatic N) is 4. The van der Waals surface area contributed by atoms with Gasteiger partial charge in [-0.15, -0.1) is 10.2 Å².